The number of rotatable bonds is 8. The molecule has 148 valence electrons. The molecule has 1 aromatic heterocycles. The first-order valence-electron chi connectivity index (χ1n) is 9.25. The molecule has 0 amide bonds. The number of hydrogen-bond donors (Lipinski definition) is 1. The molecule has 0 unspecified atom stereocenters. The lowest BCUT2D eigenvalue weighted by Crippen LogP contribution is -2.26. The predicted octanol–water partition coefficient (Wildman–Crippen LogP) is 3.68. The molecule has 0 saturated carbocycles. The zero-order valence-electron chi connectivity index (χ0n) is 16.2. The number of aromatic nitrogens is 2. The van der Waals surface area contributed by atoms with Crippen molar-refractivity contribution in [3.05, 3.63) is 48.5 Å². The highest BCUT2D eigenvalue weighted by atomic mass is 32.2. The molecule has 0 spiro atoms. The van der Waals surface area contributed by atoms with Crippen molar-refractivity contribution in [1.29, 1.82) is 0 Å². The Labute approximate surface area is 165 Å². The summed E-state index contributed by atoms with van der Waals surface area (Å²) in [4.78, 5) is 11.3. The summed E-state index contributed by atoms with van der Waals surface area (Å²) in [5.41, 5.74) is 1.34. The summed E-state index contributed by atoms with van der Waals surface area (Å²) in [5.74, 6) is 1.35. The molecule has 0 atom stereocenters. The monoisotopic (exact) mass is 400 g/mol. The van der Waals surface area contributed by atoms with E-state index in [0.717, 1.165) is 0 Å². The molecule has 0 radical (unpaired) electrons. The fraction of sp³-hybridized carbons (Fsp3) is 0.300. The van der Waals surface area contributed by atoms with Gasteiger partial charge in [0.15, 0.2) is 11.6 Å². The molecule has 7 nitrogen and oxygen atoms in total. The van der Waals surface area contributed by atoms with Crippen LogP contribution in [0.1, 0.15) is 20.8 Å². The van der Waals surface area contributed by atoms with Crippen LogP contribution in [0.3, 0.4) is 0 Å². The van der Waals surface area contributed by atoms with Crippen molar-refractivity contribution in [2.75, 3.05) is 29.3 Å². The Morgan fingerprint density at radius 2 is 1.54 bits per heavy atom. The van der Waals surface area contributed by atoms with E-state index >= 15 is 0 Å². The van der Waals surface area contributed by atoms with E-state index in [0.29, 0.717) is 42.3 Å². The maximum atomic E-state index is 12.9. The molecule has 1 N–H and O–H groups in total. The van der Waals surface area contributed by atoms with Crippen LogP contribution in [0.25, 0.3) is 11.0 Å². The number of para-hydroxylation sites is 2. The minimum Gasteiger partial charge on any atom is -0.494 e. The van der Waals surface area contributed by atoms with Gasteiger partial charge in [-0.1, -0.05) is 12.1 Å². The summed E-state index contributed by atoms with van der Waals surface area (Å²) in [6.07, 6.45) is 0. The third kappa shape index (κ3) is 4.17. The molecular weight excluding hydrogens is 376 g/mol. The van der Waals surface area contributed by atoms with E-state index in [1.54, 1.807) is 12.1 Å². The normalized spacial score (nSPS) is 11.4. The first-order valence-corrected chi connectivity index (χ1v) is 10.7. The second-order valence-electron chi connectivity index (χ2n) is 6.07. The van der Waals surface area contributed by atoms with Crippen LogP contribution in [0.2, 0.25) is 0 Å². The molecule has 0 aliphatic carbocycles. The molecule has 3 rings (SSSR count). The number of fused-ring (bicyclic) bond motifs is 1. The van der Waals surface area contributed by atoms with Gasteiger partial charge in [-0.15, -0.1) is 0 Å². The van der Waals surface area contributed by atoms with Gasteiger partial charge >= 0.3 is 0 Å². The molecule has 0 aliphatic heterocycles. The van der Waals surface area contributed by atoms with Gasteiger partial charge in [0, 0.05) is 13.1 Å². The number of hydrogen-bond acceptors (Lipinski definition) is 6. The lowest BCUT2D eigenvalue weighted by Gasteiger charge is -2.23. The second-order valence-corrected chi connectivity index (χ2v) is 7.75. The first kappa shape index (κ1) is 19.9. The number of ether oxygens (including phenoxy) is 1. The maximum Gasteiger partial charge on any atom is 0.263 e. The lowest BCUT2D eigenvalue weighted by molar-refractivity contribution is 0.340. The molecule has 8 heteroatoms. The van der Waals surface area contributed by atoms with Crippen LogP contribution in [0.4, 0.5) is 11.6 Å². The number of sulfonamides is 1. The Kier molecular flexibility index (Phi) is 5.99. The van der Waals surface area contributed by atoms with Crippen molar-refractivity contribution in [2.45, 2.75) is 25.7 Å². The van der Waals surface area contributed by atoms with Gasteiger partial charge in [0.05, 0.1) is 22.5 Å². The van der Waals surface area contributed by atoms with E-state index in [1.165, 1.54) is 12.1 Å². The van der Waals surface area contributed by atoms with Crippen molar-refractivity contribution in [3.63, 3.8) is 0 Å². The molecule has 0 fully saturated rings. The van der Waals surface area contributed by atoms with E-state index in [9.17, 15) is 8.42 Å². The standard InChI is InChI=1S/C20H24N4O3S/c1-4-24(5-2)20-19(21-17-9-7-8-10-18(17)22-20)23-28(25,26)16-13-11-15(12-14-16)27-6-3/h7-14H,4-6H2,1-3H3,(H,21,23). The summed E-state index contributed by atoms with van der Waals surface area (Å²) >= 11 is 0. The summed E-state index contributed by atoms with van der Waals surface area (Å²) in [6.45, 7) is 7.74. The highest BCUT2D eigenvalue weighted by Gasteiger charge is 2.21. The summed E-state index contributed by atoms with van der Waals surface area (Å²) < 4.78 is 33.8. The third-order valence-corrected chi connectivity index (χ3v) is 5.65. The van der Waals surface area contributed by atoms with Crippen LogP contribution < -0.4 is 14.4 Å². The topological polar surface area (TPSA) is 84.4 Å². The fourth-order valence-electron chi connectivity index (χ4n) is 2.87. The number of nitrogens with one attached hydrogen (secondary N) is 1. The van der Waals surface area contributed by atoms with Gasteiger partial charge < -0.3 is 9.64 Å². The highest BCUT2D eigenvalue weighted by Crippen LogP contribution is 2.27. The SMILES string of the molecule is CCOc1ccc(S(=O)(=O)Nc2nc3ccccc3nc2N(CC)CC)cc1. The van der Waals surface area contributed by atoms with Gasteiger partial charge in [-0.25, -0.2) is 18.4 Å². The molecule has 2 aromatic carbocycles. The van der Waals surface area contributed by atoms with E-state index in [1.807, 2.05) is 49.9 Å². The summed E-state index contributed by atoms with van der Waals surface area (Å²) in [6, 6.07) is 13.7. The predicted molar refractivity (Wildman–Crippen MR) is 112 cm³/mol. The first-order chi connectivity index (χ1) is 13.5. The number of anilines is 2. The molecule has 1 heterocycles. The van der Waals surface area contributed by atoms with Crippen LogP contribution in [0.15, 0.2) is 53.4 Å². The Morgan fingerprint density at radius 3 is 2.11 bits per heavy atom. The van der Waals surface area contributed by atoms with Gasteiger partial charge in [-0.05, 0) is 57.2 Å². The van der Waals surface area contributed by atoms with E-state index < -0.39 is 10.0 Å². The average molecular weight is 401 g/mol. The van der Waals surface area contributed by atoms with Crippen LogP contribution in [0.5, 0.6) is 5.75 Å². The van der Waals surface area contributed by atoms with Crippen molar-refractivity contribution < 1.29 is 13.2 Å². The van der Waals surface area contributed by atoms with Gasteiger partial charge in [-0.2, -0.15) is 0 Å². The Morgan fingerprint density at radius 1 is 0.929 bits per heavy atom. The maximum absolute atomic E-state index is 12.9. The Hall–Kier alpha value is -2.87. The van der Waals surface area contributed by atoms with Crippen molar-refractivity contribution in [3.8, 4) is 5.75 Å². The van der Waals surface area contributed by atoms with Gasteiger partial charge in [-0.3, -0.25) is 4.72 Å². The summed E-state index contributed by atoms with van der Waals surface area (Å²) in [7, 11) is -3.82. The molecule has 0 aliphatic rings. The Bertz CT molecular complexity index is 1050. The van der Waals surface area contributed by atoms with Crippen LogP contribution >= 0.6 is 0 Å². The van der Waals surface area contributed by atoms with Crippen molar-refractivity contribution >= 4 is 32.7 Å². The van der Waals surface area contributed by atoms with Gasteiger partial charge in [0.2, 0.25) is 0 Å². The second kappa shape index (κ2) is 8.43. The smallest absolute Gasteiger partial charge is 0.263 e. The zero-order valence-corrected chi connectivity index (χ0v) is 17.0. The van der Waals surface area contributed by atoms with E-state index in [-0.39, 0.29) is 10.7 Å². The largest absolute Gasteiger partial charge is 0.494 e. The van der Waals surface area contributed by atoms with Crippen molar-refractivity contribution in [2.24, 2.45) is 0 Å². The van der Waals surface area contributed by atoms with E-state index in [4.69, 9.17) is 4.74 Å². The lowest BCUT2D eigenvalue weighted by atomic mass is 10.3. The number of nitrogens with zero attached hydrogens (tertiary/aromatic N) is 3. The van der Waals surface area contributed by atoms with Gasteiger partial charge in [0.1, 0.15) is 5.75 Å². The van der Waals surface area contributed by atoms with Crippen LogP contribution in [0, 0.1) is 0 Å². The Balaban J connectivity index is 2.02. The average Bonchev–Trinajstić information content (AvgIpc) is 2.69. The molecular formula is C20H24N4O3S. The minimum absolute atomic E-state index is 0.136. The quantitative estimate of drug-likeness (QED) is 0.621. The molecule has 0 saturated heterocycles. The van der Waals surface area contributed by atoms with Crippen molar-refractivity contribution in [1.82, 2.24) is 9.97 Å². The van der Waals surface area contributed by atoms with Crippen LogP contribution in [-0.4, -0.2) is 38.1 Å². The number of benzene rings is 2. The molecule has 28 heavy (non-hydrogen) atoms. The zero-order chi connectivity index (χ0) is 20.1. The third-order valence-electron chi connectivity index (χ3n) is 4.29. The summed E-state index contributed by atoms with van der Waals surface area (Å²) in [5, 5.41) is 0. The molecule has 0 bridgehead atoms. The fourth-order valence-corrected chi connectivity index (χ4v) is 3.87. The minimum atomic E-state index is -3.82. The van der Waals surface area contributed by atoms with Crippen LogP contribution in [-0.2, 0) is 10.0 Å². The van der Waals surface area contributed by atoms with E-state index in [2.05, 4.69) is 14.7 Å². The molecule has 3 aromatic rings. The van der Waals surface area contributed by atoms with Gasteiger partial charge in [0.25, 0.3) is 10.0 Å². The highest BCUT2D eigenvalue weighted by molar-refractivity contribution is 7.92.